The van der Waals surface area contributed by atoms with E-state index in [1.165, 1.54) is 0 Å². The maximum Gasteiger partial charge on any atom is 0.275 e. The van der Waals surface area contributed by atoms with Gasteiger partial charge in [0.05, 0.1) is 19.1 Å². The van der Waals surface area contributed by atoms with Gasteiger partial charge >= 0.3 is 0 Å². The van der Waals surface area contributed by atoms with E-state index in [0.29, 0.717) is 71.4 Å². The molecular weight excluding hydrogens is 783 g/mol. The second kappa shape index (κ2) is 18.6. The van der Waals surface area contributed by atoms with E-state index in [-0.39, 0.29) is 47.7 Å². The van der Waals surface area contributed by atoms with Gasteiger partial charge in [-0.3, -0.25) is 14.6 Å². The largest absolute Gasteiger partial charge is 0.384 e. The summed E-state index contributed by atoms with van der Waals surface area (Å²) in [6.45, 7) is 8.58. The predicted molar refractivity (Wildman–Crippen MR) is 215 cm³/mol. The number of hydrazone groups is 1. The normalized spacial score (nSPS) is 20.7. The van der Waals surface area contributed by atoms with E-state index in [1.54, 1.807) is 30.3 Å². The van der Waals surface area contributed by atoms with Gasteiger partial charge in [0.15, 0.2) is 5.82 Å². The molecule has 2 aliphatic rings. The zero-order chi connectivity index (χ0) is 40.8. The Hall–Kier alpha value is -3.63. The summed E-state index contributed by atoms with van der Waals surface area (Å²) in [6, 6.07) is 11.8. The minimum Gasteiger partial charge on any atom is -0.384 e. The van der Waals surface area contributed by atoms with Crippen LogP contribution in [-0.2, 0) is 11.3 Å². The molecule has 5 rings (SSSR count). The number of rotatable bonds is 10. The molecule has 2 aromatic carbocycles. The second-order valence-electron chi connectivity index (χ2n) is 15.0. The fourth-order valence-electron chi connectivity index (χ4n) is 6.58. The molecule has 0 unspecified atom stereocenters. The number of amidine groups is 1. The van der Waals surface area contributed by atoms with Crippen molar-refractivity contribution in [1.29, 1.82) is 0 Å². The van der Waals surface area contributed by atoms with Gasteiger partial charge in [-0.1, -0.05) is 82.0 Å². The van der Waals surface area contributed by atoms with Crippen LogP contribution in [0.5, 0.6) is 0 Å². The van der Waals surface area contributed by atoms with Crippen molar-refractivity contribution in [3.05, 3.63) is 75.0 Å². The molecule has 1 spiro atoms. The van der Waals surface area contributed by atoms with E-state index < -0.39 is 17.9 Å². The standard InChI is InChI=1S/C34H46Cl2N6O2.C2H4BrN5.H3N/c1-32(2,3)14-13-27(21-7-9-22(10-8-21)30(43)39-20-28(37)41-38)42-31(44)29(23-17-25(35)19-26(36)18-23)40-34(42)15-11-24(12-16-34)33(4,5)6;3-4-1-2-5-7-8-6-2;/h7-10,17-19,24,27H,11-16,20,38H2,1-6H3,(H2,37,41)(H,39,43);4H,1H2,(H,5,6,7,8);1H3/t24?,27-,34?;;/m1../s1/i4D3;;. The van der Waals surface area contributed by atoms with Gasteiger partial charge in [-0.15, -0.1) is 10.2 Å². The number of aliphatic imine (C=N–C) groups is 1. The van der Waals surface area contributed by atoms with Crippen LogP contribution in [0, 0.1) is 16.7 Å². The molecule has 1 aliphatic carbocycles. The van der Waals surface area contributed by atoms with Gasteiger partial charge in [-0.05, 0) is 91.2 Å². The number of nitrogens with two attached hydrogens (primary N) is 2. The molecule has 17 heteroatoms. The summed E-state index contributed by atoms with van der Waals surface area (Å²) in [5.41, 5.74) is 5.95. The molecule has 1 fully saturated rings. The highest BCUT2D eigenvalue weighted by atomic mass is 79.9. The highest BCUT2D eigenvalue weighted by Gasteiger charge is 2.52. The maximum absolute atomic E-state index is 14.7. The number of carbonyl (C=O) groups is 2. The number of aromatic amines is 1. The average Bonchev–Trinajstić information content (AvgIpc) is 3.73. The van der Waals surface area contributed by atoms with Crippen molar-refractivity contribution in [3.63, 3.8) is 0 Å². The van der Waals surface area contributed by atoms with Gasteiger partial charge in [-0.25, -0.2) is 4.34 Å². The lowest BCUT2D eigenvalue weighted by molar-refractivity contribution is -0.134. The number of aromatic nitrogens is 4. The Kier molecular flexibility index (Phi) is 13.7. The number of amides is 2. The number of nitrogens with one attached hydrogen (secondary N) is 3. The van der Waals surface area contributed by atoms with Crippen molar-refractivity contribution in [3.8, 4) is 0 Å². The third-order valence-corrected chi connectivity index (χ3v) is 10.1. The van der Waals surface area contributed by atoms with Crippen LogP contribution in [0.25, 0.3) is 0 Å². The quantitative estimate of drug-likeness (QED) is 0.0412. The Balaban J connectivity index is 0.000000830. The monoisotopic (exact) mass is 837 g/mol. The summed E-state index contributed by atoms with van der Waals surface area (Å²) in [5.74, 6) is 5.29. The lowest BCUT2D eigenvalue weighted by atomic mass is 9.69. The average molecular weight is 840 g/mol. The molecule has 14 nitrogen and oxygen atoms in total. The maximum atomic E-state index is 14.7. The second-order valence-corrected chi connectivity index (χ2v) is 16.4. The van der Waals surface area contributed by atoms with E-state index in [0.717, 1.165) is 12.0 Å². The van der Waals surface area contributed by atoms with Crippen molar-refractivity contribution >= 4 is 62.7 Å². The van der Waals surface area contributed by atoms with Crippen LogP contribution in [0.4, 0.5) is 0 Å². The Morgan fingerprint density at radius 2 is 1.79 bits per heavy atom. The molecule has 2 heterocycles. The first-order valence-electron chi connectivity index (χ1n) is 18.6. The van der Waals surface area contributed by atoms with Crippen molar-refractivity contribution in [2.24, 2.45) is 38.4 Å². The molecule has 53 heavy (non-hydrogen) atoms. The zero-order valence-electron chi connectivity index (χ0n) is 33.8. The molecule has 0 bridgehead atoms. The molecule has 1 atom stereocenters. The topological polar surface area (TPSA) is 228 Å². The molecule has 1 aromatic heterocycles. The van der Waals surface area contributed by atoms with Crippen molar-refractivity contribution in [2.45, 2.75) is 98.2 Å². The number of nitrogens with zero attached hydrogens (tertiary/aromatic N) is 6. The van der Waals surface area contributed by atoms with E-state index in [4.69, 9.17) is 43.9 Å². The fraction of sp³-hybridized carbons (Fsp3) is 0.528. The smallest absolute Gasteiger partial charge is 0.275 e. The highest BCUT2D eigenvalue weighted by molar-refractivity contribution is 9.08. The van der Waals surface area contributed by atoms with Gasteiger partial charge in [-0.2, -0.15) is 10.3 Å². The first kappa shape index (κ1) is 39.1. The van der Waals surface area contributed by atoms with Crippen LogP contribution in [-0.4, -0.2) is 61.1 Å². The molecular formula is C36H53BrCl2N12O2. The molecule has 1 saturated carbocycles. The molecule has 1 aliphatic heterocycles. The lowest BCUT2D eigenvalue weighted by Gasteiger charge is -2.47. The summed E-state index contributed by atoms with van der Waals surface area (Å²) in [6.07, 6.45) is 3.68. The summed E-state index contributed by atoms with van der Waals surface area (Å²) >= 11 is 15.8. The highest BCUT2D eigenvalue weighted by Crippen LogP contribution is 2.50. The molecule has 0 radical (unpaired) electrons. The Morgan fingerprint density at radius 3 is 2.32 bits per heavy atom. The molecule has 10 N–H and O–H groups in total. The number of benzene rings is 2. The van der Waals surface area contributed by atoms with Gasteiger partial charge in [0.1, 0.15) is 17.2 Å². The summed E-state index contributed by atoms with van der Waals surface area (Å²) < 4.78 is 27.3. The number of tetrazole rings is 1. The summed E-state index contributed by atoms with van der Waals surface area (Å²) in [5, 5.41) is 19.9. The third kappa shape index (κ3) is 11.7. The Morgan fingerprint density at radius 1 is 1.15 bits per heavy atom. The van der Waals surface area contributed by atoms with Crippen LogP contribution < -0.4 is 27.4 Å². The first-order valence-corrected chi connectivity index (χ1v) is 18.6. The summed E-state index contributed by atoms with van der Waals surface area (Å²) in [7, 11) is 0. The SMILES string of the molecule is BrNCc1nn[nH]n1.N.[2H]C([2H])([2H])C(C)(C)C1CCC2(CC1)N=C(c1cc(Cl)cc(Cl)c1)C(=O)N2[C@H](CCC(C)(C)C)c1ccc(C(=O)NC/C(N)=N/N)cc1. The van der Waals surface area contributed by atoms with Crippen LogP contribution in [0.3, 0.4) is 0 Å². The van der Waals surface area contributed by atoms with E-state index in [9.17, 15) is 9.59 Å². The fourth-order valence-corrected chi connectivity index (χ4v) is 7.36. The van der Waals surface area contributed by atoms with Gasteiger partial charge in [0, 0.05) is 41.4 Å². The minimum absolute atomic E-state index is 0. The van der Waals surface area contributed by atoms with E-state index >= 15 is 0 Å². The van der Waals surface area contributed by atoms with Gasteiger partial charge in [0.25, 0.3) is 11.8 Å². The number of hydrogen-bond acceptors (Lipinski definition) is 10. The number of H-pyrrole nitrogens is 1. The van der Waals surface area contributed by atoms with Crippen molar-refractivity contribution in [1.82, 2.24) is 41.3 Å². The Labute approximate surface area is 334 Å². The van der Waals surface area contributed by atoms with Crippen molar-refractivity contribution < 1.29 is 13.7 Å². The number of hydrogen-bond donors (Lipinski definition) is 6. The van der Waals surface area contributed by atoms with Gasteiger partial charge < -0.3 is 27.9 Å². The number of carbonyl (C=O) groups excluding carboxylic acids is 2. The summed E-state index contributed by atoms with van der Waals surface area (Å²) in [4.78, 5) is 34.5. The van der Waals surface area contributed by atoms with E-state index in [1.807, 2.05) is 30.9 Å². The molecule has 0 saturated heterocycles. The van der Waals surface area contributed by atoms with Gasteiger partial charge in [0.2, 0.25) is 0 Å². The van der Waals surface area contributed by atoms with Crippen LogP contribution >= 0.6 is 39.3 Å². The van der Waals surface area contributed by atoms with Crippen molar-refractivity contribution in [2.75, 3.05) is 6.54 Å². The van der Waals surface area contributed by atoms with Crippen LogP contribution in [0.1, 0.15) is 117 Å². The van der Waals surface area contributed by atoms with Crippen LogP contribution in [0.15, 0.2) is 52.6 Å². The zero-order valence-corrected chi connectivity index (χ0v) is 33.9. The lowest BCUT2D eigenvalue weighted by Crippen LogP contribution is -2.51. The molecule has 2 amide bonds. The number of halogens is 3. The molecule has 290 valence electrons. The molecule has 3 aromatic rings. The van der Waals surface area contributed by atoms with E-state index in [2.05, 4.69) is 72.3 Å². The van der Waals surface area contributed by atoms with Crippen LogP contribution in [0.2, 0.25) is 10.0 Å². The first-order chi connectivity index (χ1) is 25.7. The predicted octanol–water partition coefficient (Wildman–Crippen LogP) is 6.85. The Bertz CT molecular complexity index is 1820. The minimum atomic E-state index is -2.12. The third-order valence-electron chi connectivity index (χ3n) is 9.38.